The molecule has 0 saturated carbocycles. The third kappa shape index (κ3) is 4.98. The first-order valence-corrected chi connectivity index (χ1v) is 10.8. The minimum Gasteiger partial charge on any atom is -0.497 e. The highest BCUT2D eigenvalue weighted by Crippen LogP contribution is 2.29. The molecule has 0 fully saturated rings. The number of carbonyl (C=O) groups is 2. The van der Waals surface area contributed by atoms with Crippen LogP contribution in [-0.2, 0) is 11.8 Å². The molecule has 0 aliphatic heterocycles. The number of anilines is 2. The number of aryl methyl sites for hydroxylation is 1. The molecule has 0 bridgehead atoms. The van der Waals surface area contributed by atoms with E-state index in [1.165, 1.54) is 27.8 Å². The zero-order valence-electron chi connectivity index (χ0n) is 16.5. The number of nitrogens with one attached hydrogen (secondary N) is 2. The molecule has 2 aromatic heterocycles. The van der Waals surface area contributed by atoms with Crippen LogP contribution in [0.25, 0.3) is 10.2 Å². The molecule has 0 aliphatic rings. The zero-order chi connectivity index (χ0) is 21.8. The Morgan fingerprint density at radius 2 is 1.97 bits per heavy atom. The molecule has 4 aromatic rings. The maximum absolute atomic E-state index is 12.5. The number of thioether (sulfide) groups is 1. The number of tetrazole rings is 1. The molecule has 0 aliphatic carbocycles. The summed E-state index contributed by atoms with van der Waals surface area (Å²) < 4.78 is 7.62. The number of thiazole rings is 1. The molecule has 0 unspecified atom stereocenters. The van der Waals surface area contributed by atoms with Crippen molar-refractivity contribution in [3.05, 3.63) is 48.0 Å². The van der Waals surface area contributed by atoms with Crippen LogP contribution in [0.3, 0.4) is 0 Å². The van der Waals surface area contributed by atoms with Crippen molar-refractivity contribution in [1.29, 1.82) is 0 Å². The molecule has 158 valence electrons. The van der Waals surface area contributed by atoms with E-state index in [-0.39, 0.29) is 17.6 Å². The van der Waals surface area contributed by atoms with Crippen molar-refractivity contribution in [2.45, 2.75) is 5.16 Å². The van der Waals surface area contributed by atoms with E-state index >= 15 is 0 Å². The number of carbonyl (C=O) groups excluding carboxylic acids is 2. The van der Waals surface area contributed by atoms with Crippen LogP contribution in [0.1, 0.15) is 10.4 Å². The third-order valence-corrected chi connectivity index (χ3v) is 6.10. The van der Waals surface area contributed by atoms with E-state index in [0.717, 1.165) is 16.0 Å². The first kappa shape index (κ1) is 20.8. The van der Waals surface area contributed by atoms with E-state index in [1.54, 1.807) is 38.4 Å². The summed E-state index contributed by atoms with van der Waals surface area (Å²) in [6.45, 7) is 0. The largest absolute Gasteiger partial charge is 0.497 e. The lowest BCUT2D eigenvalue weighted by atomic mass is 10.2. The SMILES string of the molecule is COc1ccc2nc(NC(=O)c3ccc(NC(=O)CSc4nnnn4C)cc3)sc2c1. The molecule has 2 amide bonds. The molecule has 0 saturated heterocycles. The fourth-order valence-corrected chi connectivity index (χ4v) is 4.17. The van der Waals surface area contributed by atoms with Gasteiger partial charge in [0.15, 0.2) is 5.13 Å². The number of rotatable bonds is 7. The summed E-state index contributed by atoms with van der Waals surface area (Å²) in [5.74, 6) is 0.418. The first-order valence-electron chi connectivity index (χ1n) is 9.03. The number of aromatic nitrogens is 5. The lowest BCUT2D eigenvalue weighted by molar-refractivity contribution is -0.113. The Morgan fingerprint density at radius 1 is 1.16 bits per heavy atom. The van der Waals surface area contributed by atoms with Crippen molar-refractivity contribution in [1.82, 2.24) is 25.2 Å². The average molecular weight is 456 g/mol. The Balaban J connectivity index is 1.34. The number of hydrogen-bond acceptors (Lipinski definition) is 9. The summed E-state index contributed by atoms with van der Waals surface area (Å²) in [7, 11) is 3.31. The van der Waals surface area contributed by atoms with E-state index in [0.29, 0.717) is 21.5 Å². The fraction of sp³-hybridized carbons (Fsp3) is 0.158. The molecule has 10 nitrogen and oxygen atoms in total. The second-order valence-corrected chi connectivity index (χ2v) is 8.28. The average Bonchev–Trinajstić information content (AvgIpc) is 3.37. The number of ether oxygens (including phenoxy) is 1. The Morgan fingerprint density at radius 3 is 2.68 bits per heavy atom. The van der Waals surface area contributed by atoms with E-state index in [9.17, 15) is 9.59 Å². The number of amides is 2. The van der Waals surface area contributed by atoms with Crippen molar-refractivity contribution < 1.29 is 14.3 Å². The highest BCUT2D eigenvalue weighted by molar-refractivity contribution is 7.99. The van der Waals surface area contributed by atoms with Crippen LogP contribution in [0.4, 0.5) is 10.8 Å². The molecule has 12 heteroatoms. The quantitative estimate of drug-likeness (QED) is 0.408. The van der Waals surface area contributed by atoms with Gasteiger partial charge in [0.05, 0.1) is 23.1 Å². The maximum Gasteiger partial charge on any atom is 0.257 e. The fourth-order valence-electron chi connectivity index (χ4n) is 2.63. The Kier molecular flexibility index (Phi) is 6.09. The smallest absolute Gasteiger partial charge is 0.257 e. The van der Waals surface area contributed by atoms with Gasteiger partial charge in [0, 0.05) is 18.3 Å². The molecular formula is C19H17N7O3S2. The van der Waals surface area contributed by atoms with Gasteiger partial charge in [-0.15, -0.1) is 5.10 Å². The summed E-state index contributed by atoms with van der Waals surface area (Å²) in [6.07, 6.45) is 0. The number of nitrogens with zero attached hydrogens (tertiary/aromatic N) is 5. The van der Waals surface area contributed by atoms with Crippen molar-refractivity contribution in [2.24, 2.45) is 7.05 Å². The van der Waals surface area contributed by atoms with Gasteiger partial charge in [-0.25, -0.2) is 9.67 Å². The summed E-state index contributed by atoms with van der Waals surface area (Å²) in [6, 6.07) is 12.2. The number of fused-ring (bicyclic) bond motifs is 1. The van der Waals surface area contributed by atoms with E-state index in [2.05, 4.69) is 31.1 Å². The minimum atomic E-state index is -0.283. The molecule has 2 N–H and O–H groups in total. The van der Waals surface area contributed by atoms with E-state index < -0.39 is 0 Å². The highest BCUT2D eigenvalue weighted by atomic mass is 32.2. The molecule has 31 heavy (non-hydrogen) atoms. The Labute approximate surface area is 185 Å². The molecule has 2 aromatic carbocycles. The van der Waals surface area contributed by atoms with E-state index in [4.69, 9.17) is 4.74 Å². The third-order valence-electron chi connectivity index (χ3n) is 4.16. The van der Waals surface area contributed by atoms with Crippen LogP contribution in [0.2, 0.25) is 0 Å². The van der Waals surface area contributed by atoms with Crippen molar-refractivity contribution in [2.75, 3.05) is 23.5 Å². The lowest BCUT2D eigenvalue weighted by Gasteiger charge is -2.06. The molecule has 0 radical (unpaired) electrons. The minimum absolute atomic E-state index is 0.166. The van der Waals surface area contributed by atoms with E-state index in [1.807, 2.05) is 18.2 Å². The van der Waals surface area contributed by atoms with Crippen molar-refractivity contribution >= 4 is 55.9 Å². The van der Waals surface area contributed by atoms with Crippen LogP contribution < -0.4 is 15.4 Å². The zero-order valence-corrected chi connectivity index (χ0v) is 18.2. The van der Waals surface area contributed by atoms with Gasteiger partial charge in [-0.3, -0.25) is 14.9 Å². The van der Waals surface area contributed by atoms with Crippen molar-refractivity contribution in [3.8, 4) is 5.75 Å². The van der Waals surface area contributed by atoms with Gasteiger partial charge in [0.25, 0.3) is 5.91 Å². The first-order chi connectivity index (χ1) is 15.0. The second kappa shape index (κ2) is 9.10. The van der Waals surface area contributed by atoms with Gasteiger partial charge < -0.3 is 10.1 Å². The monoisotopic (exact) mass is 455 g/mol. The normalized spacial score (nSPS) is 10.8. The van der Waals surface area contributed by atoms with Crippen LogP contribution in [0.15, 0.2) is 47.6 Å². The maximum atomic E-state index is 12.5. The van der Waals surface area contributed by atoms with Gasteiger partial charge >= 0.3 is 0 Å². The van der Waals surface area contributed by atoms with Crippen LogP contribution in [0, 0.1) is 0 Å². The predicted octanol–water partition coefficient (Wildman–Crippen LogP) is 2.81. The van der Waals surface area contributed by atoms with Crippen LogP contribution in [-0.4, -0.2) is 49.9 Å². The summed E-state index contributed by atoms with van der Waals surface area (Å²) >= 11 is 2.60. The second-order valence-electron chi connectivity index (χ2n) is 6.31. The predicted molar refractivity (Wildman–Crippen MR) is 119 cm³/mol. The number of hydrogen-bond donors (Lipinski definition) is 2. The summed E-state index contributed by atoms with van der Waals surface area (Å²) in [4.78, 5) is 29.1. The number of benzene rings is 2. The molecule has 2 heterocycles. The van der Waals surface area contributed by atoms with Gasteiger partial charge in [-0.1, -0.05) is 23.1 Å². The Bertz CT molecular complexity index is 1240. The van der Waals surface area contributed by atoms with Crippen LogP contribution >= 0.6 is 23.1 Å². The Hall–Kier alpha value is -3.51. The van der Waals surface area contributed by atoms with Gasteiger partial charge in [-0.05, 0) is 52.9 Å². The van der Waals surface area contributed by atoms with Gasteiger partial charge in [-0.2, -0.15) is 0 Å². The van der Waals surface area contributed by atoms with Crippen molar-refractivity contribution in [3.63, 3.8) is 0 Å². The molecule has 0 spiro atoms. The summed E-state index contributed by atoms with van der Waals surface area (Å²) in [5.41, 5.74) is 1.83. The number of methoxy groups -OCH3 is 1. The van der Waals surface area contributed by atoms with Gasteiger partial charge in [0.2, 0.25) is 11.1 Å². The van der Waals surface area contributed by atoms with Crippen LogP contribution in [0.5, 0.6) is 5.75 Å². The van der Waals surface area contributed by atoms with Gasteiger partial charge in [0.1, 0.15) is 5.75 Å². The topological polar surface area (TPSA) is 124 Å². The molecule has 4 rings (SSSR count). The lowest BCUT2D eigenvalue weighted by Crippen LogP contribution is -2.15. The highest BCUT2D eigenvalue weighted by Gasteiger charge is 2.12. The summed E-state index contributed by atoms with van der Waals surface area (Å²) in [5, 5.41) is 17.7. The standard InChI is InChI=1S/C19H17N7O3S2/c1-26-19(23-24-25-26)30-10-16(27)20-12-5-3-11(4-6-12)17(28)22-18-21-14-8-7-13(29-2)9-15(14)31-18/h3-9H,10H2,1-2H3,(H,20,27)(H,21,22,28). The molecule has 0 atom stereocenters. The molecular weight excluding hydrogens is 438 g/mol.